The van der Waals surface area contributed by atoms with Gasteiger partial charge in [0.1, 0.15) is 6.29 Å². The number of nitrogens with one attached hydrogen (secondary N) is 2. The van der Waals surface area contributed by atoms with Crippen LogP contribution in [0, 0.1) is 0 Å². The molecule has 0 rings (SSSR count). The predicted molar refractivity (Wildman–Crippen MR) is 59.5 cm³/mol. The molecular formula is C7H16N3O7P. The van der Waals surface area contributed by atoms with E-state index < -0.39 is 31.6 Å². The normalized spacial score (nSPS) is 14.8. The smallest absolute Gasteiger partial charge is 0.351 e. The minimum absolute atomic E-state index is 0.0303. The number of nitrogens with two attached hydrogens (primary N) is 1. The van der Waals surface area contributed by atoms with Crippen LogP contribution in [0.2, 0.25) is 0 Å². The van der Waals surface area contributed by atoms with Crippen molar-refractivity contribution in [1.82, 2.24) is 10.6 Å². The van der Waals surface area contributed by atoms with Crippen LogP contribution in [-0.2, 0) is 9.36 Å². The van der Waals surface area contributed by atoms with Gasteiger partial charge in [0, 0.05) is 13.0 Å². The average Bonchev–Trinajstić information content (AvgIpc) is 2.20. The van der Waals surface area contributed by atoms with E-state index in [0.717, 1.165) is 0 Å². The summed E-state index contributed by atoms with van der Waals surface area (Å²) in [5.74, 6) is -1.67. The Morgan fingerprint density at radius 1 is 1.33 bits per heavy atom. The van der Waals surface area contributed by atoms with Crippen molar-refractivity contribution in [2.24, 2.45) is 5.73 Å². The van der Waals surface area contributed by atoms with Crippen molar-refractivity contribution in [1.29, 1.82) is 0 Å². The third-order valence-corrected chi connectivity index (χ3v) is 2.52. The maximum Gasteiger partial charge on any atom is 0.351 e. The molecule has 18 heavy (non-hydrogen) atoms. The van der Waals surface area contributed by atoms with Crippen molar-refractivity contribution < 1.29 is 34.2 Å². The molecule has 0 aliphatic carbocycles. The zero-order valence-corrected chi connectivity index (χ0v) is 10.3. The third-order valence-electron chi connectivity index (χ3n) is 1.95. The van der Waals surface area contributed by atoms with E-state index in [-0.39, 0.29) is 19.4 Å². The lowest BCUT2D eigenvalue weighted by molar-refractivity contribution is -0.162. The number of hydrogen-bond donors (Lipinski definition) is 7. The van der Waals surface area contributed by atoms with E-state index in [2.05, 4.69) is 5.32 Å². The summed E-state index contributed by atoms with van der Waals surface area (Å²) in [6.07, 6.45) is -1.28. The zero-order chi connectivity index (χ0) is 14.4. The number of hydrogen-bond acceptors (Lipinski definition) is 5. The molecule has 1 atom stereocenters. The molecule has 0 aliphatic heterocycles. The fourth-order valence-electron chi connectivity index (χ4n) is 1.06. The molecule has 0 radical (unpaired) electrons. The van der Waals surface area contributed by atoms with Gasteiger partial charge in [0.15, 0.2) is 0 Å². The molecule has 0 fully saturated rings. The van der Waals surface area contributed by atoms with Crippen LogP contribution in [-0.4, -0.2) is 50.6 Å². The van der Waals surface area contributed by atoms with Crippen molar-refractivity contribution in [2.75, 3.05) is 12.8 Å². The number of carboxylic acid groups (broad SMARTS) is 1. The van der Waals surface area contributed by atoms with Crippen molar-refractivity contribution in [3.05, 3.63) is 0 Å². The van der Waals surface area contributed by atoms with Crippen LogP contribution in [0.1, 0.15) is 12.8 Å². The van der Waals surface area contributed by atoms with E-state index in [1.54, 1.807) is 0 Å². The van der Waals surface area contributed by atoms with Crippen molar-refractivity contribution in [2.45, 2.75) is 18.6 Å². The van der Waals surface area contributed by atoms with E-state index in [4.69, 9.17) is 20.6 Å². The summed E-state index contributed by atoms with van der Waals surface area (Å²) >= 11 is 0. The van der Waals surface area contributed by atoms with Gasteiger partial charge in [-0.3, -0.25) is 9.88 Å². The van der Waals surface area contributed by atoms with Crippen LogP contribution in [0.25, 0.3) is 0 Å². The number of urea groups is 1. The number of rotatable bonds is 8. The molecule has 8 N–H and O–H groups in total. The van der Waals surface area contributed by atoms with E-state index in [1.807, 2.05) is 5.32 Å². The van der Waals surface area contributed by atoms with Gasteiger partial charge >= 0.3 is 19.6 Å². The Balaban J connectivity index is 4.31. The number of carbonyl (C=O) groups excluding carboxylic acids is 1. The van der Waals surface area contributed by atoms with Gasteiger partial charge in [0.05, 0.1) is 0 Å². The molecule has 2 amide bonds. The van der Waals surface area contributed by atoms with Crippen LogP contribution in [0.4, 0.5) is 4.79 Å². The molecule has 0 aromatic rings. The molecule has 0 aliphatic rings. The molecular weight excluding hydrogens is 269 g/mol. The first-order valence-electron chi connectivity index (χ1n) is 4.85. The summed E-state index contributed by atoms with van der Waals surface area (Å²) in [4.78, 5) is 38.3. The van der Waals surface area contributed by atoms with E-state index in [0.29, 0.717) is 0 Å². The summed E-state index contributed by atoms with van der Waals surface area (Å²) in [5.41, 5.74) is 2.30. The first-order chi connectivity index (χ1) is 8.07. The standard InChI is InChI=1S/C7H16N3O7P/c8-6(13)9-3-1-2-7(14,5(11)12)10-4-18(15,16)17/h10,14H,1-4H2,(H,11,12)(H3,8,9,13)(H2,15,16,17). The second-order valence-corrected chi connectivity index (χ2v) is 5.21. The van der Waals surface area contributed by atoms with E-state index in [9.17, 15) is 19.3 Å². The molecule has 11 heteroatoms. The molecule has 0 aromatic carbocycles. The summed E-state index contributed by atoms with van der Waals surface area (Å²) in [7, 11) is -4.48. The van der Waals surface area contributed by atoms with Gasteiger partial charge in [-0.25, -0.2) is 9.59 Å². The summed E-state index contributed by atoms with van der Waals surface area (Å²) in [5, 5.41) is 22.4. The third kappa shape index (κ3) is 7.20. The van der Waals surface area contributed by atoms with Crippen molar-refractivity contribution in [3.8, 4) is 0 Å². The van der Waals surface area contributed by atoms with Gasteiger partial charge in [-0.05, 0) is 6.42 Å². The average molecular weight is 285 g/mol. The molecule has 0 saturated heterocycles. The highest BCUT2D eigenvalue weighted by molar-refractivity contribution is 7.51. The van der Waals surface area contributed by atoms with Crippen LogP contribution in [0.15, 0.2) is 0 Å². The summed E-state index contributed by atoms with van der Waals surface area (Å²) < 4.78 is 10.6. The van der Waals surface area contributed by atoms with Crippen molar-refractivity contribution in [3.63, 3.8) is 0 Å². The second kappa shape index (κ2) is 6.66. The Morgan fingerprint density at radius 3 is 2.28 bits per heavy atom. The largest absolute Gasteiger partial charge is 0.478 e. The first-order valence-corrected chi connectivity index (χ1v) is 6.65. The number of carbonyl (C=O) groups is 2. The molecule has 0 saturated carbocycles. The lowest BCUT2D eigenvalue weighted by Gasteiger charge is -2.24. The minimum Gasteiger partial charge on any atom is -0.478 e. The Kier molecular flexibility index (Phi) is 6.22. The van der Waals surface area contributed by atoms with Gasteiger partial charge in [-0.2, -0.15) is 0 Å². The highest BCUT2D eigenvalue weighted by atomic mass is 31.2. The van der Waals surface area contributed by atoms with E-state index in [1.165, 1.54) is 0 Å². The maximum atomic E-state index is 10.8. The number of primary amides is 1. The predicted octanol–water partition coefficient (Wildman–Crippen LogP) is -2.07. The molecule has 0 heterocycles. The van der Waals surface area contributed by atoms with E-state index >= 15 is 0 Å². The van der Waals surface area contributed by atoms with Gasteiger partial charge in [0.2, 0.25) is 5.72 Å². The first kappa shape index (κ1) is 16.8. The highest BCUT2D eigenvalue weighted by Gasteiger charge is 2.36. The van der Waals surface area contributed by atoms with Crippen LogP contribution >= 0.6 is 7.60 Å². The molecule has 0 aromatic heterocycles. The Labute approximate surface area is 102 Å². The molecule has 0 spiro atoms. The Morgan fingerprint density at radius 2 is 1.89 bits per heavy atom. The number of carboxylic acids is 1. The van der Waals surface area contributed by atoms with Crippen LogP contribution < -0.4 is 16.4 Å². The fraction of sp³-hybridized carbons (Fsp3) is 0.714. The quantitative estimate of drug-likeness (QED) is 0.151. The summed E-state index contributed by atoms with van der Waals surface area (Å²) in [6, 6.07) is -0.794. The summed E-state index contributed by atoms with van der Waals surface area (Å²) in [6.45, 7) is 0.0303. The topological polar surface area (TPSA) is 182 Å². The minimum atomic E-state index is -4.48. The highest BCUT2D eigenvalue weighted by Crippen LogP contribution is 2.33. The van der Waals surface area contributed by atoms with Gasteiger partial charge in [-0.1, -0.05) is 0 Å². The Hall–Kier alpha value is -1.19. The lowest BCUT2D eigenvalue weighted by Crippen LogP contribution is -2.52. The van der Waals surface area contributed by atoms with Gasteiger partial charge in [-0.15, -0.1) is 0 Å². The Bertz CT molecular complexity index is 357. The second-order valence-electron chi connectivity index (χ2n) is 3.56. The molecule has 1 unspecified atom stereocenters. The zero-order valence-electron chi connectivity index (χ0n) is 9.37. The van der Waals surface area contributed by atoms with Gasteiger partial charge < -0.3 is 31.1 Å². The SMILES string of the molecule is NC(=O)NCCCC(O)(NCP(=O)(O)O)C(=O)O. The number of aliphatic carboxylic acids is 1. The molecule has 10 nitrogen and oxygen atoms in total. The fourth-order valence-corrected chi connectivity index (χ4v) is 1.53. The number of amides is 2. The van der Waals surface area contributed by atoms with Crippen LogP contribution in [0.5, 0.6) is 0 Å². The van der Waals surface area contributed by atoms with Crippen LogP contribution in [0.3, 0.4) is 0 Å². The molecule has 106 valence electrons. The lowest BCUT2D eigenvalue weighted by atomic mass is 10.1. The monoisotopic (exact) mass is 285 g/mol. The maximum absolute atomic E-state index is 10.8. The number of aliphatic hydroxyl groups is 1. The van der Waals surface area contributed by atoms with Gasteiger partial charge in [0.25, 0.3) is 0 Å². The molecule has 0 bridgehead atoms. The van der Waals surface area contributed by atoms with Crippen molar-refractivity contribution >= 4 is 19.6 Å².